The lowest BCUT2D eigenvalue weighted by Gasteiger charge is -2.30. The summed E-state index contributed by atoms with van der Waals surface area (Å²) in [6.45, 7) is 6.00. The molecule has 0 heterocycles. The normalized spacial score (nSPS) is 13.3. The Kier molecular flexibility index (Phi) is 5.35. The second-order valence-corrected chi connectivity index (χ2v) is 5.31. The van der Waals surface area contributed by atoms with Gasteiger partial charge in [-0.1, -0.05) is 37.3 Å². The van der Waals surface area contributed by atoms with E-state index in [9.17, 15) is 4.79 Å². The summed E-state index contributed by atoms with van der Waals surface area (Å²) in [4.78, 5) is 11.0. The number of rotatable bonds is 7. The molecule has 1 aromatic carbocycles. The van der Waals surface area contributed by atoms with E-state index >= 15 is 0 Å². The van der Waals surface area contributed by atoms with Crippen LogP contribution in [0.15, 0.2) is 30.3 Å². The van der Waals surface area contributed by atoms with Gasteiger partial charge in [-0.2, -0.15) is 0 Å². The Bertz CT molecular complexity index is 373. The van der Waals surface area contributed by atoms with Crippen LogP contribution in [0.2, 0.25) is 0 Å². The number of carboxylic acid groups (broad SMARTS) is 1. The Labute approximate surface area is 109 Å². The van der Waals surface area contributed by atoms with E-state index in [0.29, 0.717) is 6.42 Å². The Hall–Kier alpha value is -1.35. The quantitative estimate of drug-likeness (QED) is 0.781. The van der Waals surface area contributed by atoms with Crippen LogP contribution in [0.25, 0.3) is 0 Å². The molecule has 0 aliphatic carbocycles. The fraction of sp³-hybridized carbons (Fsp3) is 0.533. The SMILES string of the molecule is CCC(NC(C)(C)CCc1ccccc1)C(=O)O. The van der Waals surface area contributed by atoms with Crippen LogP contribution in [0.4, 0.5) is 0 Å². The van der Waals surface area contributed by atoms with Crippen molar-refractivity contribution < 1.29 is 9.90 Å². The number of carboxylic acids is 1. The number of aryl methyl sites for hydroxylation is 1. The van der Waals surface area contributed by atoms with Crippen molar-refractivity contribution in [1.29, 1.82) is 0 Å². The smallest absolute Gasteiger partial charge is 0.320 e. The fourth-order valence-corrected chi connectivity index (χ4v) is 1.98. The highest BCUT2D eigenvalue weighted by Crippen LogP contribution is 2.15. The Balaban J connectivity index is 2.51. The minimum atomic E-state index is -0.773. The summed E-state index contributed by atoms with van der Waals surface area (Å²) >= 11 is 0. The van der Waals surface area contributed by atoms with E-state index in [2.05, 4.69) is 31.3 Å². The van der Waals surface area contributed by atoms with Crippen molar-refractivity contribution in [1.82, 2.24) is 5.32 Å². The van der Waals surface area contributed by atoms with Crippen LogP contribution >= 0.6 is 0 Å². The van der Waals surface area contributed by atoms with Crippen LogP contribution in [-0.4, -0.2) is 22.7 Å². The van der Waals surface area contributed by atoms with E-state index in [4.69, 9.17) is 5.11 Å². The van der Waals surface area contributed by atoms with Crippen molar-refractivity contribution >= 4 is 5.97 Å². The highest BCUT2D eigenvalue weighted by atomic mass is 16.4. The van der Waals surface area contributed by atoms with Crippen LogP contribution < -0.4 is 5.32 Å². The standard InChI is InChI=1S/C15H23NO2/c1-4-13(14(17)18)16-15(2,3)11-10-12-8-6-5-7-9-12/h5-9,13,16H,4,10-11H2,1-3H3,(H,17,18). The Morgan fingerprint density at radius 3 is 2.44 bits per heavy atom. The van der Waals surface area contributed by atoms with Crippen molar-refractivity contribution in [2.75, 3.05) is 0 Å². The Morgan fingerprint density at radius 2 is 1.94 bits per heavy atom. The molecule has 0 radical (unpaired) electrons. The van der Waals surface area contributed by atoms with Gasteiger partial charge < -0.3 is 5.11 Å². The highest BCUT2D eigenvalue weighted by Gasteiger charge is 2.24. The van der Waals surface area contributed by atoms with Gasteiger partial charge in [0, 0.05) is 5.54 Å². The summed E-state index contributed by atoms with van der Waals surface area (Å²) in [5.74, 6) is -0.773. The molecule has 0 aliphatic rings. The predicted octanol–water partition coefficient (Wildman–Crippen LogP) is 2.85. The summed E-state index contributed by atoms with van der Waals surface area (Å²) in [5.41, 5.74) is 1.12. The van der Waals surface area contributed by atoms with Gasteiger partial charge in [0.05, 0.1) is 0 Å². The molecule has 1 aromatic rings. The predicted molar refractivity (Wildman–Crippen MR) is 73.7 cm³/mol. The average Bonchev–Trinajstić information content (AvgIpc) is 2.35. The van der Waals surface area contributed by atoms with Gasteiger partial charge in [-0.15, -0.1) is 0 Å². The van der Waals surface area contributed by atoms with Crippen molar-refractivity contribution in [3.05, 3.63) is 35.9 Å². The van der Waals surface area contributed by atoms with Crippen LogP contribution in [0.5, 0.6) is 0 Å². The van der Waals surface area contributed by atoms with Gasteiger partial charge in [-0.25, -0.2) is 0 Å². The molecule has 0 saturated heterocycles. The fourth-order valence-electron chi connectivity index (χ4n) is 1.98. The number of hydrogen-bond acceptors (Lipinski definition) is 2. The van der Waals surface area contributed by atoms with Crippen LogP contribution in [0.3, 0.4) is 0 Å². The average molecular weight is 249 g/mol. The molecule has 18 heavy (non-hydrogen) atoms. The van der Waals surface area contributed by atoms with Gasteiger partial charge in [0.15, 0.2) is 0 Å². The number of aliphatic carboxylic acids is 1. The van der Waals surface area contributed by atoms with Gasteiger partial charge in [0.2, 0.25) is 0 Å². The molecule has 0 amide bonds. The minimum absolute atomic E-state index is 0.172. The van der Waals surface area contributed by atoms with E-state index in [-0.39, 0.29) is 5.54 Å². The van der Waals surface area contributed by atoms with E-state index in [1.807, 2.05) is 25.1 Å². The maximum atomic E-state index is 11.0. The zero-order valence-corrected chi connectivity index (χ0v) is 11.4. The van der Waals surface area contributed by atoms with Gasteiger partial charge in [-0.05, 0) is 38.7 Å². The largest absolute Gasteiger partial charge is 0.480 e. The second kappa shape index (κ2) is 6.55. The first-order valence-electron chi connectivity index (χ1n) is 6.49. The van der Waals surface area contributed by atoms with Crippen LogP contribution in [-0.2, 0) is 11.2 Å². The molecule has 3 nitrogen and oxygen atoms in total. The summed E-state index contributed by atoms with van der Waals surface area (Å²) in [6.07, 6.45) is 2.47. The molecular formula is C15H23NO2. The number of carbonyl (C=O) groups is 1. The molecule has 0 fully saturated rings. The molecule has 1 atom stereocenters. The zero-order valence-electron chi connectivity index (χ0n) is 11.4. The molecule has 0 bridgehead atoms. The molecule has 0 aromatic heterocycles. The monoisotopic (exact) mass is 249 g/mol. The lowest BCUT2D eigenvalue weighted by atomic mass is 9.94. The molecular weight excluding hydrogens is 226 g/mol. The van der Waals surface area contributed by atoms with Crippen molar-refractivity contribution in [2.45, 2.75) is 51.6 Å². The maximum absolute atomic E-state index is 11.0. The van der Waals surface area contributed by atoms with E-state index in [1.54, 1.807) is 0 Å². The van der Waals surface area contributed by atoms with Crippen molar-refractivity contribution in [3.8, 4) is 0 Å². The number of nitrogens with one attached hydrogen (secondary N) is 1. The summed E-state index contributed by atoms with van der Waals surface area (Å²) in [6, 6.07) is 9.80. The highest BCUT2D eigenvalue weighted by molar-refractivity contribution is 5.73. The zero-order chi connectivity index (χ0) is 13.6. The van der Waals surface area contributed by atoms with Gasteiger partial charge >= 0.3 is 5.97 Å². The first-order valence-corrected chi connectivity index (χ1v) is 6.49. The second-order valence-electron chi connectivity index (χ2n) is 5.31. The number of benzene rings is 1. The third kappa shape index (κ3) is 4.88. The third-order valence-electron chi connectivity index (χ3n) is 3.15. The molecule has 0 aliphatic heterocycles. The molecule has 3 heteroatoms. The first kappa shape index (κ1) is 14.7. The molecule has 1 rings (SSSR count). The first-order chi connectivity index (χ1) is 8.44. The minimum Gasteiger partial charge on any atom is -0.480 e. The molecule has 100 valence electrons. The van der Waals surface area contributed by atoms with Crippen molar-refractivity contribution in [3.63, 3.8) is 0 Å². The van der Waals surface area contributed by atoms with Gasteiger partial charge in [0.1, 0.15) is 6.04 Å². The Morgan fingerprint density at radius 1 is 1.33 bits per heavy atom. The van der Waals surface area contributed by atoms with E-state index in [0.717, 1.165) is 12.8 Å². The lowest BCUT2D eigenvalue weighted by Crippen LogP contribution is -2.49. The van der Waals surface area contributed by atoms with Gasteiger partial charge in [0.25, 0.3) is 0 Å². The van der Waals surface area contributed by atoms with E-state index in [1.165, 1.54) is 5.56 Å². The lowest BCUT2D eigenvalue weighted by molar-refractivity contribution is -0.140. The third-order valence-corrected chi connectivity index (χ3v) is 3.15. The topological polar surface area (TPSA) is 49.3 Å². The molecule has 1 unspecified atom stereocenters. The van der Waals surface area contributed by atoms with Crippen molar-refractivity contribution in [2.24, 2.45) is 0 Å². The number of hydrogen-bond donors (Lipinski definition) is 2. The van der Waals surface area contributed by atoms with E-state index < -0.39 is 12.0 Å². The molecule has 0 spiro atoms. The molecule has 2 N–H and O–H groups in total. The van der Waals surface area contributed by atoms with Crippen LogP contribution in [0.1, 0.15) is 39.2 Å². The summed E-state index contributed by atoms with van der Waals surface area (Å²) in [5, 5.41) is 12.3. The maximum Gasteiger partial charge on any atom is 0.320 e. The van der Waals surface area contributed by atoms with Crippen LogP contribution in [0, 0.1) is 0 Å². The summed E-state index contributed by atoms with van der Waals surface area (Å²) < 4.78 is 0. The van der Waals surface area contributed by atoms with Gasteiger partial charge in [-0.3, -0.25) is 10.1 Å². The summed E-state index contributed by atoms with van der Waals surface area (Å²) in [7, 11) is 0. The molecule has 0 saturated carbocycles.